The van der Waals surface area contributed by atoms with Gasteiger partial charge in [0.05, 0.1) is 32.1 Å². The lowest BCUT2D eigenvalue weighted by molar-refractivity contribution is 0.0523. The van der Waals surface area contributed by atoms with Crippen LogP contribution in [0.15, 0.2) is 66.9 Å². The van der Waals surface area contributed by atoms with Crippen LogP contribution in [0.4, 0.5) is 0 Å². The summed E-state index contributed by atoms with van der Waals surface area (Å²) in [6, 6.07) is 19.6. The Bertz CT molecular complexity index is 829. The van der Waals surface area contributed by atoms with Crippen LogP contribution in [0.5, 0.6) is 5.75 Å². The molecular formula is C22H23NO3. The highest BCUT2D eigenvalue weighted by molar-refractivity contribution is 5.60. The van der Waals surface area contributed by atoms with E-state index in [1.807, 2.05) is 73.8 Å². The number of aromatic nitrogens is 1. The summed E-state index contributed by atoms with van der Waals surface area (Å²) in [6.07, 6.45) is 1.79. The van der Waals surface area contributed by atoms with Crippen molar-refractivity contribution in [3.8, 4) is 17.0 Å². The van der Waals surface area contributed by atoms with Gasteiger partial charge in [-0.25, -0.2) is 0 Å². The normalized spacial score (nSPS) is 12.0. The summed E-state index contributed by atoms with van der Waals surface area (Å²) in [7, 11) is 1.66. The third-order valence-electron chi connectivity index (χ3n) is 4.32. The zero-order valence-electron chi connectivity index (χ0n) is 15.1. The smallest absolute Gasteiger partial charge is 0.118 e. The van der Waals surface area contributed by atoms with Crippen LogP contribution in [0.1, 0.15) is 29.7 Å². The Labute approximate surface area is 154 Å². The lowest BCUT2D eigenvalue weighted by Gasteiger charge is -2.14. The average molecular weight is 349 g/mol. The van der Waals surface area contributed by atoms with E-state index in [1.165, 1.54) is 0 Å². The summed E-state index contributed by atoms with van der Waals surface area (Å²) in [4.78, 5) is 4.54. The van der Waals surface area contributed by atoms with E-state index in [0.29, 0.717) is 6.61 Å². The summed E-state index contributed by atoms with van der Waals surface area (Å²) in [5.41, 5.74) is 4.88. The standard InChI is InChI=1S/C22H23NO3/c1-16(26-15-17-6-9-21(25-2)10-7-17)20-8-11-22(23-13-20)19-5-3-4-18(12-19)14-24/h3-13,16,24H,14-15H2,1-2H3. The molecule has 0 amide bonds. The lowest BCUT2D eigenvalue weighted by Crippen LogP contribution is -2.01. The lowest BCUT2D eigenvalue weighted by atomic mass is 10.1. The quantitative estimate of drug-likeness (QED) is 0.681. The van der Waals surface area contributed by atoms with Crippen molar-refractivity contribution in [2.75, 3.05) is 7.11 Å². The second kappa shape index (κ2) is 8.61. The van der Waals surface area contributed by atoms with Crippen LogP contribution in [0, 0.1) is 0 Å². The highest BCUT2D eigenvalue weighted by Gasteiger charge is 2.08. The Morgan fingerprint density at radius 2 is 1.81 bits per heavy atom. The predicted molar refractivity (Wildman–Crippen MR) is 102 cm³/mol. The van der Waals surface area contributed by atoms with Crippen molar-refractivity contribution in [2.45, 2.75) is 26.2 Å². The molecule has 3 rings (SSSR count). The fourth-order valence-corrected chi connectivity index (χ4v) is 2.68. The summed E-state index contributed by atoms with van der Waals surface area (Å²) in [5.74, 6) is 0.840. The molecule has 1 heterocycles. The van der Waals surface area contributed by atoms with Crippen molar-refractivity contribution in [3.63, 3.8) is 0 Å². The molecule has 1 N–H and O–H groups in total. The van der Waals surface area contributed by atoms with Gasteiger partial charge in [0.2, 0.25) is 0 Å². The van der Waals surface area contributed by atoms with Crippen LogP contribution in [0.25, 0.3) is 11.3 Å². The van der Waals surface area contributed by atoms with Crippen molar-refractivity contribution in [1.82, 2.24) is 4.98 Å². The maximum Gasteiger partial charge on any atom is 0.118 e. The Hall–Kier alpha value is -2.69. The zero-order valence-corrected chi connectivity index (χ0v) is 15.1. The third-order valence-corrected chi connectivity index (χ3v) is 4.32. The molecule has 4 heteroatoms. The Morgan fingerprint density at radius 1 is 1.00 bits per heavy atom. The van der Waals surface area contributed by atoms with E-state index >= 15 is 0 Å². The van der Waals surface area contributed by atoms with Gasteiger partial charge in [0.1, 0.15) is 5.75 Å². The monoisotopic (exact) mass is 349 g/mol. The van der Waals surface area contributed by atoms with Crippen LogP contribution in [-0.2, 0) is 18.0 Å². The summed E-state index contributed by atoms with van der Waals surface area (Å²) in [5, 5.41) is 9.26. The Balaban J connectivity index is 1.63. The van der Waals surface area contributed by atoms with Crippen LogP contribution >= 0.6 is 0 Å². The molecule has 0 aliphatic rings. The molecule has 1 unspecified atom stereocenters. The number of ether oxygens (including phenoxy) is 2. The van der Waals surface area contributed by atoms with Gasteiger partial charge in [0.15, 0.2) is 0 Å². The van der Waals surface area contributed by atoms with E-state index in [4.69, 9.17) is 9.47 Å². The number of pyridine rings is 1. The molecule has 2 aromatic carbocycles. The van der Waals surface area contributed by atoms with Crippen molar-refractivity contribution < 1.29 is 14.6 Å². The highest BCUT2D eigenvalue weighted by atomic mass is 16.5. The first kappa shape index (κ1) is 18.1. The van der Waals surface area contributed by atoms with Crippen LogP contribution in [0.3, 0.4) is 0 Å². The van der Waals surface area contributed by atoms with Crippen molar-refractivity contribution in [3.05, 3.63) is 83.6 Å². The first-order valence-corrected chi connectivity index (χ1v) is 8.60. The van der Waals surface area contributed by atoms with Gasteiger partial charge in [-0.05, 0) is 47.9 Å². The molecule has 1 atom stereocenters. The van der Waals surface area contributed by atoms with E-state index < -0.39 is 0 Å². The van der Waals surface area contributed by atoms with E-state index in [1.54, 1.807) is 7.11 Å². The molecule has 0 saturated heterocycles. The van der Waals surface area contributed by atoms with E-state index in [2.05, 4.69) is 4.98 Å². The Kier molecular flexibility index (Phi) is 6.00. The molecule has 3 aromatic rings. The Morgan fingerprint density at radius 3 is 2.46 bits per heavy atom. The molecule has 4 nitrogen and oxygen atoms in total. The van der Waals surface area contributed by atoms with Gasteiger partial charge in [-0.15, -0.1) is 0 Å². The summed E-state index contributed by atoms with van der Waals surface area (Å²) in [6.45, 7) is 2.58. The number of methoxy groups -OCH3 is 1. The van der Waals surface area contributed by atoms with Crippen LogP contribution < -0.4 is 4.74 Å². The topological polar surface area (TPSA) is 51.6 Å². The van der Waals surface area contributed by atoms with E-state index in [0.717, 1.165) is 33.7 Å². The predicted octanol–water partition coefficient (Wildman–Crippen LogP) is 4.53. The number of nitrogens with zero attached hydrogens (tertiary/aromatic N) is 1. The maximum atomic E-state index is 9.26. The van der Waals surface area contributed by atoms with Crippen molar-refractivity contribution >= 4 is 0 Å². The molecule has 0 aliphatic heterocycles. The number of rotatable bonds is 7. The number of benzene rings is 2. The number of aliphatic hydroxyl groups excluding tert-OH is 1. The molecule has 0 aliphatic carbocycles. The number of hydrogen-bond donors (Lipinski definition) is 1. The molecule has 1 aromatic heterocycles. The SMILES string of the molecule is COc1ccc(COC(C)c2ccc(-c3cccc(CO)c3)nc2)cc1. The average Bonchev–Trinajstić information content (AvgIpc) is 2.72. The summed E-state index contributed by atoms with van der Waals surface area (Å²) >= 11 is 0. The van der Waals surface area contributed by atoms with Crippen molar-refractivity contribution in [1.29, 1.82) is 0 Å². The molecular weight excluding hydrogens is 326 g/mol. The first-order valence-electron chi connectivity index (χ1n) is 8.60. The molecule has 26 heavy (non-hydrogen) atoms. The molecule has 0 spiro atoms. The molecule has 134 valence electrons. The molecule has 0 fully saturated rings. The molecule has 0 saturated carbocycles. The highest BCUT2D eigenvalue weighted by Crippen LogP contribution is 2.23. The number of aliphatic hydroxyl groups is 1. The zero-order chi connectivity index (χ0) is 18.4. The van der Waals surface area contributed by atoms with Gasteiger partial charge in [0, 0.05) is 11.8 Å². The number of hydrogen-bond acceptors (Lipinski definition) is 4. The summed E-state index contributed by atoms with van der Waals surface area (Å²) < 4.78 is 11.1. The minimum atomic E-state index is -0.0533. The second-order valence-electron chi connectivity index (χ2n) is 6.14. The van der Waals surface area contributed by atoms with Gasteiger partial charge in [0.25, 0.3) is 0 Å². The van der Waals surface area contributed by atoms with Gasteiger partial charge in [-0.2, -0.15) is 0 Å². The van der Waals surface area contributed by atoms with E-state index in [9.17, 15) is 5.11 Å². The maximum absolute atomic E-state index is 9.26. The fraction of sp³-hybridized carbons (Fsp3) is 0.227. The van der Waals surface area contributed by atoms with Gasteiger partial charge in [-0.3, -0.25) is 4.98 Å². The van der Waals surface area contributed by atoms with Crippen LogP contribution in [0.2, 0.25) is 0 Å². The van der Waals surface area contributed by atoms with E-state index in [-0.39, 0.29) is 12.7 Å². The minimum Gasteiger partial charge on any atom is -0.497 e. The third kappa shape index (κ3) is 4.48. The second-order valence-corrected chi connectivity index (χ2v) is 6.14. The molecule has 0 radical (unpaired) electrons. The van der Waals surface area contributed by atoms with Gasteiger partial charge in [-0.1, -0.05) is 36.4 Å². The molecule has 0 bridgehead atoms. The van der Waals surface area contributed by atoms with Crippen LogP contribution in [-0.4, -0.2) is 17.2 Å². The van der Waals surface area contributed by atoms with Crippen molar-refractivity contribution in [2.24, 2.45) is 0 Å². The first-order chi connectivity index (χ1) is 12.7. The fourth-order valence-electron chi connectivity index (χ4n) is 2.68. The van der Waals surface area contributed by atoms with Gasteiger partial charge < -0.3 is 14.6 Å². The largest absolute Gasteiger partial charge is 0.497 e. The van der Waals surface area contributed by atoms with Gasteiger partial charge >= 0.3 is 0 Å². The minimum absolute atomic E-state index is 0.0299.